The second kappa shape index (κ2) is 10.5. The van der Waals surface area contributed by atoms with Crippen LogP contribution < -0.4 is 4.74 Å². The number of aliphatic hydroxyl groups is 3. The summed E-state index contributed by atoms with van der Waals surface area (Å²) in [6, 6.07) is 8.52. The lowest BCUT2D eigenvalue weighted by molar-refractivity contribution is -0.196. The number of aliphatic carboxylic acids is 2. The molecule has 6 N–H and O–H groups in total. The Hall–Kier alpha value is -4.04. The highest BCUT2D eigenvalue weighted by molar-refractivity contribution is 6.22. The summed E-state index contributed by atoms with van der Waals surface area (Å²) in [5.74, 6) is -2.88. The molecule has 8 rings (SSSR count). The summed E-state index contributed by atoms with van der Waals surface area (Å²) in [6.45, 7) is 3.71. The van der Waals surface area contributed by atoms with Crippen LogP contribution in [0.1, 0.15) is 69.5 Å². The number of amides is 2. The number of aromatic hydroxyl groups is 1. The van der Waals surface area contributed by atoms with Gasteiger partial charge in [-0.2, -0.15) is 0 Å². The number of benzene rings is 2. The number of imide groups is 1. The van der Waals surface area contributed by atoms with E-state index in [1.807, 2.05) is 25.1 Å². The molecule has 2 saturated carbocycles. The fraction of sp³-hybridized carbons (Fsp3) is 0.515. The summed E-state index contributed by atoms with van der Waals surface area (Å²) in [4.78, 5) is 50.7. The molecule has 2 amide bonds. The van der Waals surface area contributed by atoms with Gasteiger partial charge in [0.05, 0.1) is 28.2 Å². The van der Waals surface area contributed by atoms with Crippen LogP contribution in [0.3, 0.4) is 0 Å². The van der Waals surface area contributed by atoms with Crippen molar-refractivity contribution in [2.45, 2.75) is 86.9 Å². The summed E-state index contributed by atoms with van der Waals surface area (Å²) < 4.78 is 6.58. The number of hydrogen-bond acceptors (Lipinski definition) is 10. The number of carbonyl (C=O) groups is 4. The minimum absolute atomic E-state index is 0.0358. The molecule has 1 saturated heterocycles. The molecule has 3 fully saturated rings. The number of nitrogens with zero attached hydrogens (tertiary/aromatic N) is 2. The fourth-order valence-electron chi connectivity index (χ4n) is 8.76. The highest BCUT2D eigenvalue weighted by atomic mass is 16.5. The zero-order chi connectivity index (χ0) is 32.9. The molecule has 1 spiro atoms. The number of phenolic OH excluding ortho intramolecular Hbond substituents is 1. The quantitative estimate of drug-likeness (QED) is 0.244. The predicted octanol–water partition coefficient (Wildman–Crippen LogP) is 0.807. The van der Waals surface area contributed by atoms with E-state index in [1.165, 1.54) is 17.7 Å². The average Bonchev–Trinajstić information content (AvgIpc) is 3.70. The van der Waals surface area contributed by atoms with E-state index in [-0.39, 0.29) is 23.6 Å². The molecule has 13 nitrogen and oxygen atoms in total. The Morgan fingerprint density at radius 2 is 1.70 bits per heavy atom. The fourth-order valence-corrected chi connectivity index (χ4v) is 8.76. The van der Waals surface area contributed by atoms with Gasteiger partial charge in [0.15, 0.2) is 23.7 Å². The summed E-state index contributed by atoms with van der Waals surface area (Å²) in [6.07, 6.45) is -0.236. The first-order valence-electron chi connectivity index (χ1n) is 15.6. The Balaban J connectivity index is 0.000000296. The van der Waals surface area contributed by atoms with E-state index in [1.54, 1.807) is 12.1 Å². The summed E-state index contributed by atoms with van der Waals surface area (Å²) >= 11 is 0. The van der Waals surface area contributed by atoms with Crippen LogP contribution in [-0.4, -0.2) is 113 Å². The van der Waals surface area contributed by atoms with Gasteiger partial charge in [0.2, 0.25) is 0 Å². The van der Waals surface area contributed by atoms with E-state index >= 15 is 0 Å². The smallest absolute Gasteiger partial charge is 0.335 e. The third kappa shape index (κ3) is 4.15. The zero-order valence-electron chi connectivity index (χ0n) is 25.1. The van der Waals surface area contributed by atoms with Gasteiger partial charge in [-0.25, -0.2) is 9.59 Å². The van der Waals surface area contributed by atoms with Crippen molar-refractivity contribution < 1.29 is 54.6 Å². The van der Waals surface area contributed by atoms with Crippen molar-refractivity contribution in [2.75, 3.05) is 13.1 Å². The van der Waals surface area contributed by atoms with Gasteiger partial charge in [0.25, 0.3) is 11.8 Å². The molecule has 0 aromatic heterocycles. The Bertz CT molecular complexity index is 1650. The number of likely N-dealkylation sites (tertiary alicyclic amines) is 1. The van der Waals surface area contributed by atoms with Gasteiger partial charge >= 0.3 is 11.9 Å². The SMILES string of the molecule is Cc1cccc2c1C(=O)N([C@@H]1CC[C@@]3(O)[C@H]4Cc5ccc(O)c6c5[C@@]3(CCN4CC3CC3)[C@H]1O6)C2=O.O=C(O)C(O)C(O)C(=O)O. The van der Waals surface area contributed by atoms with Gasteiger partial charge in [-0.3, -0.25) is 19.4 Å². The van der Waals surface area contributed by atoms with Crippen LogP contribution in [0.5, 0.6) is 11.5 Å². The highest BCUT2D eigenvalue weighted by Crippen LogP contribution is 2.66. The molecule has 244 valence electrons. The Morgan fingerprint density at radius 1 is 1.00 bits per heavy atom. The van der Waals surface area contributed by atoms with Crippen molar-refractivity contribution in [3.8, 4) is 11.5 Å². The Morgan fingerprint density at radius 3 is 2.33 bits per heavy atom. The van der Waals surface area contributed by atoms with E-state index in [0.29, 0.717) is 42.1 Å². The van der Waals surface area contributed by atoms with Crippen LogP contribution in [-0.2, 0) is 21.4 Å². The number of carboxylic acids is 2. The lowest BCUT2D eigenvalue weighted by Gasteiger charge is -2.64. The van der Waals surface area contributed by atoms with E-state index in [0.717, 1.165) is 36.2 Å². The summed E-state index contributed by atoms with van der Waals surface area (Å²) in [7, 11) is 0. The maximum Gasteiger partial charge on any atom is 0.335 e. The van der Waals surface area contributed by atoms with Crippen molar-refractivity contribution in [1.29, 1.82) is 0 Å². The minimum Gasteiger partial charge on any atom is -0.504 e. The largest absolute Gasteiger partial charge is 0.504 e. The molecule has 3 aliphatic heterocycles. The second-order valence-corrected chi connectivity index (χ2v) is 13.4. The number of fused-ring (bicyclic) bond motifs is 1. The number of rotatable bonds is 6. The molecular formula is C33H36N2O11. The van der Waals surface area contributed by atoms with Crippen molar-refractivity contribution in [3.05, 3.63) is 58.1 Å². The molecule has 6 aliphatic rings. The number of ether oxygens (including phenoxy) is 1. The van der Waals surface area contributed by atoms with Crippen molar-refractivity contribution in [1.82, 2.24) is 9.80 Å². The zero-order valence-corrected chi connectivity index (χ0v) is 25.1. The number of aryl methyl sites for hydroxylation is 1. The van der Waals surface area contributed by atoms with Crippen molar-refractivity contribution >= 4 is 23.8 Å². The van der Waals surface area contributed by atoms with Gasteiger partial charge in [-0.1, -0.05) is 18.2 Å². The number of hydrogen-bond donors (Lipinski definition) is 6. The third-order valence-corrected chi connectivity index (χ3v) is 11.0. The summed E-state index contributed by atoms with van der Waals surface area (Å²) in [5.41, 5.74) is 1.93. The third-order valence-electron chi connectivity index (χ3n) is 11.0. The molecule has 0 radical (unpaired) electrons. The van der Waals surface area contributed by atoms with Gasteiger partial charge in [-0.05, 0) is 81.2 Å². The number of aliphatic hydroxyl groups excluding tert-OH is 2. The van der Waals surface area contributed by atoms with Crippen LogP contribution in [0.2, 0.25) is 0 Å². The van der Waals surface area contributed by atoms with Gasteiger partial charge < -0.3 is 35.4 Å². The van der Waals surface area contributed by atoms with E-state index < -0.39 is 47.3 Å². The van der Waals surface area contributed by atoms with Crippen LogP contribution in [0.4, 0.5) is 0 Å². The molecule has 2 bridgehead atoms. The first-order chi connectivity index (χ1) is 21.8. The molecule has 2 aromatic rings. The predicted molar refractivity (Wildman–Crippen MR) is 158 cm³/mol. The number of piperidine rings is 1. The van der Waals surface area contributed by atoms with Crippen molar-refractivity contribution in [2.24, 2.45) is 5.92 Å². The average molecular weight is 637 g/mol. The molecule has 7 atom stereocenters. The van der Waals surface area contributed by atoms with Gasteiger partial charge in [-0.15, -0.1) is 0 Å². The lowest BCUT2D eigenvalue weighted by Crippen LogP contribution is -2.78. The molecule has 2 unspecified atom stereocenters. The van der Waals surface area contributed by atoms with Crippen LogP contribution in [0.15, 0.2) is 30.3 Å². The molecule has 46 heavy (non-hydrogen) atoms. The molecular weight excluding hydrogens is 600 g/mol. The maximum absolute atomic E-state index is 13.7. The number of carboxylic acid groups (broad SMARTS) is 2. The first-order valence-corrected chi connectivity index (χ1v) is 15.6. The van der Waals surface area contributed by atoms with E-state index in [9.17, 15) is 29.4 Å². The molecule has 13 heteroatoms. The van der Waals surface area contributed by atoms with Gasteiger partial charge in [0.1, 0.15) is 6.10 Å². The standard InChI is InChI=1S/C29H30N2O5.C4H6O6/c1-15-3-2-4-18-22(15)27(34)31(26(18)33)19-9-10-29(35)21-13-17-7-8-20(32)24-23(17)28(29,25(19)36-24)11-12-30(21)14-16-5-6-16;5-1(3(7)8)2(6)4(9)10/h2-4,7-8,16,19,21,25,32,35H,5-6,9-14H2,1H3;1-2,5-6H,(H,7,8)(H,9,10)/t19-,21-,25+,28+,29-;/m1./s1. The van der Waals surface area contributed by atoms with Crippen molar-refractivity contribution in [3.63, 3.8) is 0 Å². The summed E-state index contributed by atoms with van der Waals surface area (Å²) in [5, 5.41) is 56.0. The van der Waals surface area contributed by atoms with E-state index in [4.69, 9.17) is 25.2 Å². The number of phenols is 1. The molecule has 3 heterocycles. The Kier molecular flexibility index (Phi) is 6.98. The number of carbonyl (C=O) groups excluding carboxylic acids is 2. The highest BCUT2D eigenvalue weighted by Gasteiger charge is 2.74. The van der Waals surface area contributed by atoms with Crippen LogP contribution in [0, 0.1) is 12.8 Å². The van der Waals surface area contributed by atoms with Gasteiger partial charge in [0, 0.05) is 18.2 Å². The molecule has 3 aliphatic carbocycles. The monoisotopic (exact) mass is 636 g/mol. The minimum atomic E-state index is -2.27. The van der Waals surface area contributed by atoms with Crippen LogP contribution >= 0.6 is 0 Å². The Labute approximate surface area is 263 Å². The maximum atomic E-state index is 13.7. The second-order valence-electron chi connectivity index (χ2n) is 13.4. The molecule has 2 aromatic carbocycles. The first kappa shape index (κ1) is 30.6. The normalized spacial score (nSPS) is 31.7. The lowest BCUT2D eigenvalue weighted by atomic mass is 9.48. The van der Waals surface area contributed by atoms with Crippen LogP contribution in [0.25, 0.3) is 0 Å². The van der Waals surface area contributed by atoms with E-state index in [2.05, 4.69) is 4.90 Å². The topological polar surface area (TPSA) is 205 Å².